The summed E-state index contributed by atoms with van der Waals surface area (Å²) in [6.45, 7) is 6.73. The minimum absolute atomic E-state index is 0.148. The number of carbonyl (C=O) groups excluding carboxylic acids is 1. The summed E-state index contributed by atoms with van der Waals surface area (Å²) in [5, 5.41) is 15.8. The van der Waals surface area contributed by atoms with Gasteiger partial charge in [0.15, 0.2) is 11.5 Å². The molecule has 3 heterocycles. The van der Waals surface area contributed by atoms with E-state index in [0.29, 0.717) is 6.54 Å². The molecule has 2 aromatic heterocycles. The van der Waals surface area contributed by atoms with Gasteiger partial charge in [-0.25, -0.2) is 0 Å². The minimum atomic E-state index is 0.148. The zero-order chi connectivity index (χ0) is 16.5. The van der Waals surface area contributed by atoms with Crippen LogP contribution in [0.4, 0.5) is 5.82 Å². The van der Waals surface area contributed by atoms with Gasteiger partial charge in [0.1, 0.15) is 5.82 Å². The Morgan fingerprint density at radius 3 is 2.75 bits per heavy atom. The Morgan fingerprint density at radius 1 is 1.21 bits per heavy atom. The van der Waals surface area contributed by atoms with Crippen molar-refractivity contribution in [2.75, 3.05) is 44.2 Å². The summed E-state index contributed by atoms with van der Waals surface area (Å²) in [7, 11) is 0. The van der Waals surface area contributed by atoms with Crippen LogP contribution in [0.2, 0.25) is 0 Å². The molecule has 2 aliphatic rings. The van der Waals surface area contributed by atoms with Crippen LogP contribution in [0.15, 0.2) is 12.1 Å². The number of hydrogen-bond donors (Lipinski definition) is 1. The van der Waals surface area contributed by atoms with Gasteiger partial charge in [-0.3, -0.25) is 9.69 Å². The van der Waals surface area contributed by atoms with Gasteiger partial charge in [0.2, 0.25) is 5.91 Å². The van der Waals surface area contributed by atoms with Gasteiger partial charge in [0.05, 0.1) is 6.54 Å². The third kappa shape index (κ3) is 3.33. The van der Waals surface area contributed by atoms with E-state index in [0.717, 1.165) is 55.9 Å². The van der Waals surface area contributed by atoms with Gasteiger partial charge in [-0.15, -0.1) is 15.3 Å². The number of rotatable bonds is 5. The highest BCUT2D eigenvalue weighted by Crippen LogP contribution is 2.27. The van der Waals surface area contributed by atoms with Crippen molar-refractivity contribution >= 4 is 17.4 Å². The van der Waals surface area contributed by atoms with Gasteiger partial charge in [0.25, 0.3) is 0 Å². The van der Waals surface area contributed by atoms with Crippen LogP contribution in [0, 0.1) is 12.8 Å². The number of piperazine rings is 1. The van der Waals surface area contributed by atoms with Crippen molar-refractivity contribution in [3.8, 4) is 0 Å². The molecule has 0 bridgehead atoms. The predicted octanol–water partition coefficient (Wildman–Crippen LogP) is 0.0809. The summed E-state index contributed by atoms with van der Waals surface area (Å²) in [6.07, 6.45) is 2.53. The summed E-state index contributed by atoms with van der Waals surface area (Å²) in [5.41, 5.74) is 0.766. The lowest BCUT2D eigenvalue weighted by Gasteiger charge is -2.34. The van der Waals surface area contributed by atoms with Crippen molar-refractivity contribution in [3.63, 3.8) is 0 Å². The summed E-state index contributed by atoms with van der Waals surface area (Å²) in [6, 6.07) is 3.93. The minimum Gasteiger partial charge on any atom is -0.355 e. The van der Waals surface area contributed by atoms with Crippen molar-refractivity contribution in [2.45, 2.75) is 19.8 Å². The molecule has 0 aromatic carbocycles. The summed E-state index contributed by atoms with van der Waals surface area (Å²) < 4.78 is 1.77. The normalized spacial score (nSPS) is 19.0. The summed E-state index contributed by atoms with van der Waals surface area (Å²) in [5.74, 6) is 2.60. The molecule has 1 amide bonds. The molecule has 2 aromatic rings. The molecular formula is C16H23N7O. The van der Waals surface area contributed by atoms with E-state index >= 15 is 0 Å². The second kappa shape index (κ2) is 6.35. The van der Waals surface area contributed by atoms with Gasteiger partial charge >= 0.3 is 0 Å². The first-order chi connectivity index (χ1) is 11.7. The number of nitrogens with one attached hydrogen (secondary N) is 1. The molecule has 0 atom stereocenters. The number of hydrogen-bond acceptors (Lipinski definition) is 6. The fourth-order valence-electron chi connectivity index (χ4n) is 3.03. The molecule has 2 fully saturated rings. The van der Waals surface area contributed by atoms with Gasteiger partial charge < -0.3 is 10.2 Å². The van der Waals surface area contributed by atoms with Crippen LogP contribution in [0.25, 0.3) is 5.65 Å². The van der Waals surface area contributed by atoms with Crippen molar-refractivity contribution < 1.29 is 4.79 Å². The summed E-state index contributed by atoms with van der Waals surface area (Å²) >= 11 is 0. The van der Waals surface area contributed by atoms with E-state index in [9.17, 15) is 4.79 Å². The van der Waals surface area contributed by atoms with Gasteiger partial charge in [-0.05, 0) is 37.8 Å². The number of nitrogens with zero attached hydrogens (tertiary/aromatic N) is 6. The van der Waals surface area contributed by atoms with Crippen LogP contribution in [0.1, 0.15) is 18.7 Å². The number of carbonyl (C=O) groups is 1. The Hall–Kier alpha value is -2.22. The van der Waals surface area contributed by atoms with Crippen LogP contribution >= 0.6 is 0 Å². The molecule has 0 spiro atoms. The number of amides is 1. The van der Waals surface area contributed by atoms with Crippen LogP contribution in [-0.2, 0) is 4.79 Å². The Bertz CT molecular complexity index is 731. The van der Waals surface area contributed by atoms with E-state index in [2.05, 4.69) is 30.4 Å². The van der Waals surface area contributed by atoms with Crippen molar-refractivity contribution in [1.29, 1.82) is 0 Å². The van der Waals surface area contributed by atoms with Crippen LogP contribution < -0.4 is 10.2 Å². The molecule has 0 radical (unpaired) electrons. The predicted molar refractivity (Wildman–Crippen MR) is 89.9 cm³/mol. The lowest BCUT2D eigenvalue weighted by Crippen LogP contribution is -2.50. The first-order valence-electron chi connectivity index (χ1n) is 8.62. The van der Waals surface area contributed by atoms with Gasteiger partial charge in [0, 0.05) is 32.7 Å². The molecule has 8 nitrogen and oxygen atoms in total. The van der Waals surface area contributed by atoms with Crippen LogP contribution in [-0.4, -0.2) is 69.9 Å². The molecule has 1 N–H and O–H groups in total. The highest BCUT2D eigenvalue weighted by atomic mass is 16.2. The second-order valence-corrected chi connectivity index (χ2v) is 6.72. The smallest absolute Gasteiger partial charge is 0.234 e. The average Bonchev–Trinajstić information content (AvgIpc) is 3.36. The molecule has 24 heavy (non-hydrogen) atoms. The fraction of sp³-hybridized carbons (Fsp3) is 0.625. The molecule has 1 saturated heterocycles. The van der Waals surface area contributed by atoms with E-state index in [-0.39, 0.29) is 5.91 Å². The third-order valence-electron chi connectivity index (χ3n) is 4.75. The van der Waals surface area contributed by atoms with Crippen molar-refractivity contribution in [3.05, 3.63) is 18.0 Å². The molecule has 4 rings (SSSR count). The zero-order valence-electron chi connectivity index (χ0n) is 14.0. The first kappa shape index (κ1) is 15.3. The van der Waals surface area contributed by atoms with Crippen LogP contribution in [0.3, 0.4) is 0 Å². The monoisotopic (exact) mass is 329 g/mol. The molecule has 128 valence electrons. The molecule has 1 saturated carbocycles. The fourth-order valence-corrected chi connectivity index (χ4v) is 3.03. The maximum atomic E-state index is 12.0. The number of aromatic nitrogens is 4. The van der Waals surface area contributed by atoms with E-state index in [1.165, 1.54) is 12.8 Å². The van der Waals surface area contributed by atoms with E-state index in [4.69, 9.17) is 0 Å². The highest BCUT2D eigenvalue weighted by Gasteiger charge is 2.23. The zero-order valence-corrected chi connectivity index (χ0v) is 14.0. The second-order valence-electron chi connectivity index (χ2n) is 6.72. The van der Waals surface area contributed by atoms with Crippen molar-refractivity contribution in [2.24, 2.45) is 5.92 Å². The Kier molecular flexibility index (Phi) is 4.05. The average molecular weight is 329 g/mol. The quantitative estimate of drug-likeness (QED) is 0.837. The Labute approximate surface area is 140 Å². The topological polar surface area (TPSA) is 78.7 Å². The maximum absolute atomic E-state index is 12.0. The Morgan fingerprint density at radius 2 is 2.00 bits per heavy atom. The molecule has 1 aliphatic carbocycles. The number of anilines is 1. The maximum Gasteiger partial charge on any atom is 0.234 e. The third-order valence-corrected chi connectivity index (χ3v) is 4.75. The number of fused-ring (bicyclic) bond motifs is 1. The standard InChI is InChI=1S/C16H23N7O/c1-12-18-19-14-4-5-15(20-23(12)14)22-8-6-21(7-9-22)11-16(24)17-10-13-2-3-13/h4-5,13H,2-3,6-11H2,1H3,(H,17,24). The lowest BCUT2D eigenvalue weighted by atomic mass is 10.3. The SMILES string of the molecule is Cc1nnc2ccc(N3CCN(CC(=O)NCC4CC4)CC3)nn12. The molecule has 0 unspecified atom stereocenters. The van der Waals surface area contributed by atoms with Gasteiger partial charge in [-0.2, -0.15) is 4.52 Å². The Balaban J connectivity index is 1.31. The van der Waals surface area contributed by atoms with Crippen LogP contribution in [0.5, 0.6) is 0 Å². The lowest BCUT2D eigenvalue weighted by molar-refractivity contribution is -0.122. The first-order valence-corrected chi connectivity index (χ1v) is 8.62. The summed E-state index contributed by atoms with van der Waals surface area (Å²) in [4.78, 5) is 16.4. The number of aryl methyl sites for hydroxylation is 1. The van der Waals surface area contributed by atoms with E-state index in [1.807, 2.05) is 19.1 Å². The molecule has 1 aliphatic heterocycles. The largest absolute Gasteiger partial charge is 0.355 e. The van der Waals surface area contributed by atoms with Crippen molar-refractivity contribution in [1.82, 2.24) is 30.0 Å². The highest BCUT2D eigenvalue weighted by molar-refractivity contribution is 5.78. The van der Waals surface area contributed by atoms with Gasteiger partial charge in [-0.1, -0.05) is 0 Å². The van der Waals surface area contributed by atoms with E-state index < -0.39 is 0 Å². The molecular weight excluding hydrogens is 306 g/mol. The van der Waals surface area contributed by atoms with E-state index in [1.54, 1.807) is 4.52 Å². The molecule has 8 heteroatoms.